The Morgan fingerprint density at radius 3 is 2.37 bits per heavy atom. The Bertz CT molecular complexity index is 553. The second-order valence-electron chi connectivity index (χ2n) is 5.09. The number of rotatable bonds is 3. The zero-order valence-corrected chi connectivity index (χ0v) is 11.6. The third-order valence-corrected chi connectivity index (χ3v) is 2.68. The summed E-state index contributed by atoms with van der Waals surface area (Å²) in [7, 11) is 1.58. The number of nitrogens with zero attached hydrogens (tertiary/aromatic N) is 2. The van der Waals surface area contributed by atoms with Crippen molar-refractivity contribution in [2.24, 2.45) is 0 Å². The monoisotopic (exact) mass is 255 g/mol. The summed E-state index contributed by atoms with van der Waals surface area (Å²) in [5.74, 6) is 0.666. The van der Waals surface area contributed by atoms with E-state index in [0.717, 1.165) is 11.3 Å². The smallest absolute Gasteiger partial charge is 0.145 e. The van der Waals surface area contributed by atoms with Gasteiger partial charge in [0.25, 0.3) is 0 Å². The van der Waals surface area contributed by atoms with Crippen LogP contribution in [-0.2, 0) is 5.41 Å². The van der Waals surface area contributed by atoms with Gasteiger partial charge in [0, 0.05) is 6.20 Å². The number of nitriles is 2. The third-order valence-electron chi connectivity index (χ3n) is 2.68. The summed E-state index contributed by atoms with van der Waals surface area (Å²) in [6.45, 7) is 6.35. The van der Waals surface area contributed by atoms with Gasteiger partial charge in [-0.25, -0.2) is 0 Å². The Labute approximate surface area is 113 Å². The molecule has 0 radical (unpaired) electrons. The molecule has 1 aromatic carbocycles. The van der Waals surface area contributed by atoms with Gasteiger partial charge in [0.15, 0.2) is 0 Å². The highest BCUT2D eigenvalue weighted by Gasteiger charge is 2.15. The summed E-state index contributed by atoms with van der Waals surface area (Å²) in [6.07, 6.45) is 1.38. The van der Waals surface area contributed by atoms with Crippen LogP contribution in [0.15, 0.2) is 30.0 Å². The van der Waals surface area contributed by atoms with E-state index in [0.29, 0.717) is 5.75 Å². The first-order valence-corrected chi connectivity index (χ1v) is 5.87. The van der Waals surface area contributed by atoms with E-state index >= 15 is 0 Å². The lowest BCUT2D eigenvalue weighted by Gasteiger charge is -2.21. The summed E-state index contributed by atoms with van der Waals surface area (Å²) >= 11 is 0. The molecule has 0 amide bonds. The molecule has 19 heavy (non-hydrogen) atoms. The molecule has 0 bridgehead atoms. The molecule has 0 unspecified atom stereocenters. The molecule has 0 aromatic heterocycles. The first kappa shape index (κ1) is 14.6. The summed E-state index contributed by atoms with van der Waals surface area (Å²) in [6, 6.07) is 9.44. The molecule has 4 heteroatoms. The molecular formula is C15H17N3O. The van der Waals surface area contributed by atoms with Gasteiger partial charge in [0.05, 0.1) is 12.8 Å². The average molecular weight is 255 g/mol. The maximum atomic E-state index is 8.70. The Kier molecular flexibility index (Phi) is 4.56. The summed E-state index contributed by atoms with van der Waals surface area (Å²) < 4.78 is 5.25. The van der Waals surface area contributed by atoms with Crippen LogP contribution < -0.4 is 10.1 Å². The lowest BCUT2D eigenvalue weighted by Crippen LogP contribution is -2.11. The molecule has 0 aliphatic rings. The number of ether oxygens (including phenoxy) is 1. The van der Waals surface area contributed by atoms with Gasteiger partial charge >= 0.3 is 0 Å². The van der Waals surface area contributed by atoms with Crippen LogP contribution in [0.4, 0.5) is 5.69 Å². The highest BCUT2D eigenvalue weighted by Crippen LogP contribution is 2.31. The molecule has 1 rings (SSSR count). The van der Waals surface area contributed by atoms with Crippen LogP contribution in [0.3, 0.4) is 0 Å². The van der Waals surface area contributed by atoms with E-state index in [9.17, 15) is 0 Å². The summed E-state index contributed by atoms with van der Waals surface area (Å²) in [5.41, 5.74) is 1.90. The molecule has 0 spiro atoms. The first-order chi connectivity index (χ1) is 8.92. The van der Waals surface area contributed by atoms with Crippen LogP contribution >= 0.6 is 0 Å². The van der Waals surface area contributed by atoms with E-state index in [-0.39, 0.29) is 11.0 Å². The molecule has 98 valence electrons. The van der Waals surface area contributed by atoms with Crippen molar-refractivity contribution in [2.45, 2.75) is 26.2 Å². The third kappa shape index (κ3) is 3.76. The Balaban J connectivity index is 3.15. The van der Waals surface area contributed by atoms with Gasteiger partial charge in [-0.2, -0.15) is 10.5 Å². The normalized spacial score (nSPS) is 10.0. The number of nitrogens with one attached hydrogen (secondary N) is 1. The van der Waals surface area contributed by atoms with E-state index in [4.69, 9.17) is 15.3 Å². The molecule has 0 heterocycles. The number of benzene rings is 1. The number of allylic oxidation sites excluding steroid dienone is 1. The molecule has 0 aliphatic carbocycles. The van der Waals surface area contributed by atoms with Crippen LogP contribution in [0.1, 0.15) is 26.3 Å². The second-order valence-corrected chi connectivity index (χ2v) is 5.09. The Morgan fingerprint density at radius 2 is 1.89 bits per heavy atom. The number of hydrogen-bond donors (Lipinski definition) is 1. The molecule has 0 aliphatic heterocycles. The summed E-state index contributed by atoms with van der Waals surface area (Å²) in [5, 5.41) is 20.4. The van der Waals surface area contributed by atoms with Gasteiger partial charge in [0.1, 0.15) is 23.5 Å². The fourth-order valence-corrected chi connectivity index (χ4v) is 1.53. The van der Waals surface area contributed by atoms with Crippen molar-refractivity contribution in [3.05, 3.63) is 35.5 Å². The molecule has 1 N–H and O–H groups in total. The van der Waals surface area contributed by atoms with Crippen molar-refractivity contribution >= 4 is 5.69 Å². The van der Waals surface area contributed by atoms with Crippen molar-refractivity contribution in [1.29, 1.82) is 10.5 Å². The van der Waals surface area contributed by atoms with Crippen molar-refractivity contribution < 1.29 is 4.74 Å². The van der Waals surface area contributed by atoms with Crippen LogP contribution in [0, 0.1) is 22.7 Å². The fraction of sp³-hybridized carbons (Fsp3) is 0.333. The van der Waals surface area contributed by atoms with Crippen molar-refractivity contribution in [1.82, 2.24) is 0 Å². The highest BCUT2D eigenvalue weighted by molar-refractivity contribution is 5.61. The molecule has 1 aromatic rings. The zero-order valence-electron chi connectivity index (χ0n) is 11.6. The SMILES string of the molecule is COc1ccc(C(C)(C)C)cc1NC=C(C#N)C#N. The molecule has 0 fully saturated rings. The van der Waals surface area contributed by atoms with E-state index in [1.807, 2.05) is 18.2 Å². The first-order valence-electron chi connectivity index (χ1n) is 5.87. The van der Waals surface area contributed by atoms with Gasteiger partial charge in [-0.3, -0.25) is 0 Å². The van der Waals surface area contributed by atoms with Crippen molar-refractivity contribution in [2.75, 3.05) is 12.4 Å². The molecule has 4 nitrogen and oxygen atoms in total. The number of methoxy groups -OCH3 is 1. The van der Waals surface area contributed by atoms with Gasteiger partial charge < -0.3 is 10.1 Å². The van der Waals surface area contributed by atoms with Crippen molar-refractivity contribution in [3.63, 3.8) is 0 Å². The van der Waals surface area contributed by atoms with Crippen LogP contribution in [-0.4, -0.2) is 7.11 Å². The molecule has 0 saturated carbocycles. The van der Waals surface area contributed by atoms with Gasteiger partial charge in [-0.15, -0.1) is 0 Å². The topological polar surface area (TPSA) is 68.8 Å². The van der Waals surface area contributed by atoms with Gasteiger partial charge in [-0.1, -0.05) is 26.8 Å². The van der Waals surface area contributed by atoms with Crippen LogP contribution in [0.25, 0.3) is 0 Å². The molecule has 0 saturated heterocycles. The van der Waals surface area contributed by atoms with Crippen LogP contribution in [0.2, 0.25) is 0 Å². The second kappa shape index (κ2) is 5.93. The summed E-state index contributed by atoms with van der Waals surface area (Å²) in [4.78, 5) is 0. The van der Waals surface area contributed by atoms with Crippen LogP contribution in [0.5, 0.6) is 5.75 Å². The molecular weight excluding hydrogens is 238 g/mol. The average Bonchev–Trinajstić information content (AvgIpc) is 2.38. The fourth-order valence-electron chi connectivity index (χ4n) is 1.53. The minimum Gasteiger partial charge on any atom is -0.495 e. The largest absolute Gasteiger partial charge is 0.495 e. The lowest BCUT2D eigenvalue weighted by molar-refractivity contribution is 0.416. The van der Waals surface area contributed by atoms with E-state index in [1.165, 1.54) is 6.20 Å². The van der Waals surface area contributed by atoms with E-state index < -0.39 is 0 Å². The Hall–Kier alpha value is -2.46. The van der Waals surface area contributed by atoms with E-state index in [1.54, 1.807) is 19.2 Å². The highest BCUT2D eigenvalue weighted by atomic mass is 16.5. The minimum absolute atomic E-state index is 0.0136. The quantitative estimate of drug-likeness (QED) is 0.841. The predicted molar refractivity (Wildman–Crippen MR) is 74.6 cm³/mol. The minimum atomic E-state index is 0.0136. The Morgan fingerprint density at radius 1 is 1.26 bits per heavy atom. The number of hydrogen-bond acceptors (Lipinski definition) is 4. The lowest BCUT2D eigenvalue weighted by atomic mass is 9.87. The number of anilines is 1. The van der Waals surface area contributed by atoms with Gasteiger partial charge in [0.2, 0.25) is 0 Å². The maximum Gasteiger partial charge on any atom is 0.145 e. The van der Waals surface area contributed by atoms with Crippen molar-refractivity contribution in [3.8, 4) is 17.9 Å². The predicted octanol–water partition coefficient (Wildman–Crippen LogP) is 3.34. The maximum absolute atomic E-state index is 8.70. The molecule has 0 atom stereocenters. The van der Waals surface area contributed by atoms with Gasteiger partial charge in [-0.05, 0) is 23.1 Å². The zero-order chi connectivity index (χ0) is 14.5. The van der Waals surface area contributed by atoms with E-state index in [2.05, 4.69) is 26.1 Å². The standard InChI is InChI=1S/C15H17N3O/c1-15(2,3)12-5-6-14(19-4)13(7-12)18-10-11(8-16)9-17/h5-7,10,18H,1-4H3.